The van der Waals surface area contributed by atoms with E-state index in [1.54, 1.807) is 0 Å². The van der Waals surface area contributed by atoms with Crippen LogP contribution in [0.15, 0.2) is 71.2 Å². The summed E-state index contributed by atoms with van der Waals surface area (Å²) < 4.78 is 2.47. The van der Waals surface area contributed by atoms with Gasteiger partial charge in [-0.2, -0.15) is 0 Å². The first-order valence-corrected chi connectivity index (χ1v) is 8.09. The van der Waals surface area contributed by atoms with Gasteiger partial charge in [0.15, 0.2) is 0 Å². The third kappa shape index (κ3) is 2.05. The number of benzene rings is 3. The zero-order valence-electron chi connectivity index (χ0n) is 10.6. The maximum absolute atomic E-state index is 3.52. The van der Waals surface area contributed by atoms with Crippen LogP contribution in [-0.2, 0) is 0 Å². The molecule has 0 bridgehead atoms. The minimum atomic E-state index is 1.12. The Labute approximate surface area is 129 Å². The molecule has 2 heteroatoms. The van der Waals surface area contributed by atoms with E-state index in [0.29, 0.717) is 0 Å². The summed E-state index contributed by atoms with van der Waals surface area (Å²) in [5, 5.41) is 3.87. The van der Waals surface area contributed by atoms with Gasteiger partial charge in [0.1, 0.15) is 0 Å². The second-order valence-corrected chi connectivity index (χ2v) is 6.85. The fourth-order valence-electron chi connectivity index (χ4n) is 2.49. The first kappa shape index (κ1) is 12.1. The number of halogens is 1. The lowest BCUT2D eigenvalue weighted by Gasteiger charge is -2.02. The molecule has 96 valence electrons. The van der Waals surface area contributed by atoms with Gasteiger partial charge in [-0.15, -0.1) is 11.3 Å². The van der Waals surface area contributed by atoms with Gasteiger partial charge in [-0.05, 0) is 52.1 Å². The summed E-state index contributed by atoms with van der Waals surface area (Å²) in [6.07, 6.45) is 0. The number of fused-ring (bicyclic) bond motifs is 2. The second kappa shape index (κ2) is 4.72. The second-order valence-electron chi connectivity index (χ2n) is 4.85. The molecule has 0 saturated carbocycles. The molecular weight excluding hydrogens is 328 g/mol. The Morgan fingerprint density at radius 1 is 0.700 bits per heavy atom. The lowest BCUT2D eigenvalue weighted by molar-refractivity contribution is 1.70. The van der Waals surface area contributed by atoms with E-state index in [9.17, 15) is 0 Å². The van der Waals surface area contributed by atoms with Crippen molar-refractivity contribution in [3.63, 3.8) is 0 Å². The van der Waals surface area contributed by atoms with Gasteiger partial charge in [-0.25, -0.2) is 0 Å². The summed E-state index contributed by atoms with van der Waals surface area (Å²) in [6, 6.07) is 23.9. The molecule has 0 N–H and O–H groups in total. The van der Waals surface area contributed by atoms with E-state index in [1.165, 1.54) is 31.3 Å². The van der Waals surface area contributed by atoms with Gasteiger partial charge in [-0.1, -0.05) is 52.3 Å². The van der Waals surface area contributed by atoms with E-state index in [1.807, 2.05) is 11.3 Å². The van der Waals surface area contributed by atoms with Gasteiger partial charge in [0, 0.05) is 14.0 Å². The van der Waals surface area contributed by atoms with Crippen molar-refractivity contribution in [1.29, 1.82) is 0 Å². The van der Waals surface area contributed by atoms with Crippen LogP contribution in [0.1, 0.15) is 0 Å². The number of hydrogen-bond donors (Lipinski definition) is 0. The lowest BCUT2D eigenvalue weighted by atomic mass is 10.1. The van der Waals surface area contributed by atoms with Crippen LogP contribution in [0.2, 0.25) is 0 Å². The summed E-state index contributed by atoms with van der Waals surface area (Å²) >= 11 is 5.37. The lowest BCUT2D eigenvalue weighted by Crippen LogP contribution is -1.76. The number of hydrogen-bond acceptors (Lipinski definition) is 1. The van der Waals surface area contributed by atoms with Crippen LogP contribution in [0.3, 0.4) is 0 Å². The third-order valence-electron chi connectivity index (χ3n) is 3.51. The van der Waals surface area contributed by atoms with Gasteiger partial charge < -0.3 is 0 Å². The van der Waals surface area contributed by atoms with E-state index in [4.69, 9.17) is 0 Å². The zero-order valence-corrected chi connectivity index (χ0v) is 13.0. The molecule has 0 aliphatic heterocycles. The molecule has 0 radical (unpaired) electrons. The topological polar surface area (TPSA) is 0 Å². The molecule has 0 atom stereocenters. The highest BCUT2D eigenvalue weighted by molar-refractivity contribution is 9.10. The monoisotopic (exact) mass is 338 g/mol. The summed E-state index contributed by atoms with van der Waals surface area (Å²) in [6.45, 7) is 0. The summed E-state index contributed by atoms with van der Waals surface area (Å²) in [5.41, 5.74) is 1.29. The van der Waals surface area contributed by atoms with Crippen LogP contribution >= 0.6 is 27.3 Å². The Bertz CT molecular complexity index is 888. The summed E-state index contributed by atoms with van der Waals surface area (Å²) in [4.78, 5) is 1.33. The standard InChI is InChI=1S/C18H11BrS/c19-16-8-7-12-9-15(6-5-13(12)10-16)18-11-14-3-1-2-4-17(14)20-18/h1-11H. The van der Waals surface area contributed by atoms with Gasteiger partial charge in [0.25, 0.3) is 0 Å². The molecule has 20 heavy (non-hydrogen) atoms. The molecule has 1 heterocycles. The molecule has 0 amide bonds. The maximum Gasteiger partial charge on any atom is 0.0355 e. The highest BCUT2D eigenvalue weighted by atomic mass is 79.9. The van der Waals surface area contributed by atoms with Crippen molar-refractivity contribution < 1.29 is 0 Å². The largest absolute Gasteiger partial charge is 0.135 e. The van der Waals surface area contributed by atoms with Crippen molar-refractivity contribution in [2.24, 2.45) is 0 Å². The molecule has 4 rings (SSSR count). The van der Waals surface area contributed by atoms with Crippen LogP contribution in [0.4, 0.5) is 0 Å². The molecule has 0 aliphatic carbocycles. The first-order valence-electron chi connectivity index (χ1n) is 6.48. The Morgan fingerprint density at radius 3 is 2.40 bits per heavy atom. The number of rotatable bonds is 1. The Hall–Kier alpha value is -1.64. The van der Waals surface area contributed by atoms with Crippen LogP contribution in [-0.4, -0.2) is 0 Å². The Balaban J connectivity index is 1.90. The SMILES string of the molecule is Brc1ccc2cc(-c3cc4ccccc4s3)ccc2c1. The zero-order chi connectivity index (χ0) is 13.5. The van der Waals surface area contributed by atoms with Gasteiger partial charge in [-0.3, -0.25) is 0 Å². The van der Waals surface area contributed by atoms with Crippen molar-refractivity contribution in [2.75, 3.05) is 0 Å². The van der Waals surface area contributed by atoms with E-state index in [-0.39, 0.29) is 0 Å². The van der Waals surface area contributed by atoms with Crippen LogP contribution in [0, 0.1) is 0 Å². The maximum atomic E-state index is 3.52. The summed E-state index contributed by atoms with van der Waals surface area (Å²) in [7, 11) is 0. The molecular formula is C18H11BrS. The minimum absolute atomic E-state index is 1.12. The van der Waals surface area contributed by atoms with Gasteiger partial charge >= 0.3 is 0 Å². The van der Waals surface area contributed by atoms with Crippen molar-refractivity contribution in [3.05, 3.63) is 71.2 Å². The van der Waals surface area contributed by atoms with Crippen LogP contribution in [0.25, 0.3) is 31.3 Å². The first-order chi connectivity index (χ1) is 9.79. The normalized spacial score (nSPS) is 11.2. The van der Waals surface area contributed by atoms with Crippen LogP contribution in [0.5, 0.6) is 0 Å². The smallest absolute Gasteiger partial charge is 0.0355 e. The highest BCUT2D eigenvalue weighted by Gasteiger charge is 2.05. The summed E-state index contributed by atoms with van der Waals surface area (Å²) in [5.74, 6) is 0. The molecule has 0 saturated heterocycles. The van der Waals surface area contributed by atoms with Crippen LogP contribution < -0.4 is 0 Å². The average Bonchev–Trinajstić information content (AvgIpc) is 2.90. The Kier molecular flexibility index (Phi) is 2.86. The van der Waals surface area contributed by atoms with Crippen molar-refractivity contribution in [1.82, 2.24) is 0 Å². The third-order valence-corrected chi connectivity index (χ3v) is 5.17. The predicted octanol–water partition coefficient (Wildman–Crippen LogP) is 6.48. The molecule has 0 nitrogen and oxygen atoms in total. The molecule has 0 unspecified atom stereocenters. The fourth-order valence-corrected chi connectivity index (χ4v) is 3.93. The van der Waals surface area contributed by atoms with Crippen molar-refractivity contribution >= 4 is 48.1 Å². The molecule has 3 aromatic carbocycles. The van der Waals surface area contributed by atoms with E-state index in [0.717, 1.165) is 4.47 Å². The van der Waals surface area contributed by atoms with Crippen molar-refractivity contribution in [2.45, 2.75) is 0 Å². The number of thiophene rings is 1. The highest BCUT2D eigenvalue weighted by Crippen LogP contribution is 2.35. The molecule has 0 aliphatic rings. The van der Waals surface area contributed by atoms with E-state index < -0.39 is 0 Å². The minimum Gasteiger partial charge on any atom is -0.135 e. The molecule has 0 fully saturated rings. The quantitative estimate of drug-likeness (QED) is 0.372. The molecule has 4 aromatic rings. The predicted molar refractivity (Wildman–Crippen MR) is 92.5 cm³/mol. The Morgan fingerprint density at radius 2 is 1.50 bits per heavy atom. The average molecular weight is 339 g/mol. The van der Waals surface area contributed by atoms with Gasteiger partial charge in [0.05, 0.1) is 0 Å². The molecule has 1 aromatic heterocycles. The molecule has 0 spiro atoms. The van der Waals surface area contributed by atoms with E-state index in [2.05, 4.69) is 82.7 Å². The van der Waals surface area contributed by atoms with Crippen molar-refractivity contribution in [3.8, 4) is 10.4 Å². The van der Waals surface area contributed by atoms with E-state index >= 15 is 0 Å². The fraction of sp³-hybridized carbons (Fsp3) is 0. The van der Waals surface area contributed by atoms with Gasteiger partial charge in [0.2, 0.25) is 0 Å².